The van der Waals surface area contributed by atoms with Crippen molar-refractivity contribution < 1.29 is 19.2 Å². The number of H-pyrrole nitrogens is 1. The number of benzene rings is 2. The molecule has 0 bridgehead atoms. The topological polar surface area (TPSA) is 120 Å². The molecule has 0 atom stereocenters. The molecule has 10 nitrogen and oxygen atoms in total. The number of nitrogens with zero attached hydrogens (tertiary/aromatic N) is 4. The molecule has 200 valence electrons. The van der Waals surface area contributed by atoms with Gasteiger partial charge in [-0.2, -0.15) is 0 Å². The Bertz CT molecular complexity index is 1550. The molecule has 4 aromatic rings. The van der Waals surface area contributed by atoms with Gasteiger partial charge in [-0.3, -0.25) is 24.5 Å². The van der Waals surface area contributed by atoms with Crippen LogP contribution in [0.3, 0.4) is 0 Å². The van der Waals surface area contributed by atoms with Crippen molar-refractivity contribution in [3.05, 3.63) is 77.6 Å². The van der Waals surface area contributed by atoms with E-state index in [9.17, 15) is 19.2 Å². The molecule has 0 spiro atoms. The van der Waals surface area contributed by atoms with Gasteiger partial charge in [0.2, 0.25) is 11.9 Å². The fourth-order valence-electron chi connectivity index (χ4n) is 4.80. The number of imidazole rings is 1. The van der Waals surface area contributed by atoms with Crippen molar-refractivity contribution in [3.8, 4) is 0 Å². The molecule has 5 rings (SSSR count). The number of nitrogens with one attached hydrogen (secondary N) is 2. The minimum absolute atomic E-state index is 0.147. The Morgan fingerprint density at radius 2 is 1.79 bits per heavy atom. The first kappa shape index (κ1) is 25.9. The number of aryl methyl sites for hydroxylation is 1. The summed E-state index contributed by atoms with van der Waals surface area (Å²) in [5.74, 6) is -0.227. The Morgan fingerprint density at radius 1 is 1.03 bits per heavy atom. The number of aromatic nitrogens is 3. The second-order valence-electron chi connectivity index (χ2n) is 9.62. The Hall–Kier alpha value is -4.73. The molecule has 0 aliphatic carbocycles. The largest absolute Gasteiger partial charge is 0.348 e. The van der Waals surface area contributed by atoms with Crippen LogP contribution in [0.5, 0.6) is 0 Å². The van der Waals surface area contributed by atoms with E-state index in [-0.39, 0.29) is 23.3 Å². The summed E-state index contributed by atoms with van der Waals surface area (Å²) in [6.45, 7) is 3.34. The van der Waals surface area contributed by atoms with E-state index < -0.39 is 5.91 Å². The van der Waals surface area contributed by atoms with Gasteiger partial charge in [-0.15, -0.1) is 0 Å². The fourth-order valence-corrected chi connectivity index (χ4v) is 4.80. The second kappa shape index (κ2) is 10.9. The van der Waals surface area contributed by atoms with Gasteiger partial charge in [-0.25, -0.2) is 4.98 Å². The maximum atomic E-state index is 13.0. The quantitative estimate of drug-likeness (QED) is 0.318. The average molecular weight is 527 g/mol. The standard InChI is InChI=1S/C29H30N6O4/c1-19(36)22-12-13-23(30-22)27(38)32-29-31-24-18-21(33(2)28(39)20-8-4-3-5-9-20)11-14-25(24)35(29)17-7-16-34-15-6-10-26(34)37/h3-5,8-9,11-14,18,30H,6-7,10,15-17H2,1-2H3,(H,31,32,38). The maximum absolute atomic E-state index is 13.0. The van der Waals surface area contributed by atoms with E-state index in [0.717, 1.165) is 18.5 Å². The van der Waals surface area contributed by atoms with Gasteiger partial charge in [0.25, 0.3) is 11.8 Å². The van der Waals surface area contributed by atoms with E-state index in [1.165, 1.54) is 6.92 Å². The van der Waals surface area contributed by atoms with Crippen LogP contribution in [0.2, 0.25) is 0 Å². The smallest absolute Gasteiger partial charge is 0.274 e. The lowest BCUT2D eigenvalue weighted by atomic mass is 10.2. The van der Waals surface area contributed by atoms with Gasteiger partial charge in [0, 0.05) is 51.3 Å². The summed E-state index contributed by atoms with van der Waals surface area (Å²) in [6, 6.07) is 17.7. The predicted octanol–water partition coefficient (Wildman–Crippen LogP) is 4.11. The molecule has 2 N–H and O–H groups in total. The highest BCUT2D eigenvalue weighted by Gasteiger charge is 2.21. The number of likely N-dealkylation sites (tertiary alicyclic amines) is 1. The molecule has 10 heteroatoms. The summed E-state index contributed by atoms with van der Waals surface area (Å²) < 4.78 is 1.91. The lowest BCUT2D eigenvalue weighted by molar-refractivity contribution is -0.127. The van der Waals surface area contributed by atoms with E-state index >= 15 is 0 Å². The van der Waals surface area contributed by atoms with Crippen molar-refractivity contribution >= 4 is 46.2 Å². The van der Waals surface area contributed by atoms with Crippen LogP contribution in [0.25, 0.3) is 11.0 Å². The van der Waals surface area contributed by atoms with Gasteiger partial charge in [0.1, 0.15) is 5.69 Å². The number of carbonyl (C=O) groups is 4. The second-order valence-corrected chi connectivity index (χ2v) is 9.62. The van der Waals surface area contributed by atoms with E-state index in [0.29, 0.717) is 54.3 Å². The minimum Gasteiger partial charge on any atom is -0.348 e. The lowest BCUT2D eigenvalue weighted by Gasteiger charge is -2.18. The number of carbonyl (C=O) groups excluding carboxylic acids is 4. The van der Waals surface area contributed by atoms with Crippen LogP contribution in [0, 0.1) is 0 Å². The number of anilines is 2. The van der Waals surface area contributed by atoms with Gasteiger partial charge in [0.05, 0.1) is 16.7 Å². The first-order valence-corrected chi connectivity index (χ1v) is 12.9. The van der Waals surface area contributed by atoms with Gasteiger partial charge < -0.3 is 19.4 Å². The highest BCUT2D eigenvalue weighted by Crippen LogP contribution is 2.26. The zero-order chi connectivity index (χ0) is 27.5. The fraction of sp³-hybridized carbons (Fsp3) is 0.276. The van der Waals surface area contributed by atoms with Crippen LogP contribution in [-0.2, 0) is 11.3 Å². The number of hydrogen-bond donors (Lipinski definition) is 2. The van der Waals surface area contributed by atoms with Crippen molar-refractivity contribution in [1.29, 1.82) is 0 Å². The van der Waals surface area contributed by atoms with E-state index in [1.54, 1.807) is 36.2 Å². The molecule has 1 aliphatic rings. The summed E-state index contributed by atoms with van der Waals surface area (Å²) >= 11 is 0. The monoisotopic (exact) mass is 526 g/mol. The molecule has 1 saturated heterocycles. The molecule has 3 heterocycles. The highest BCUT2D eigenvalue weighted by molar-refractivity contribution is 6.07. The Kier molecular flexibility index (Phi) is 7.27. The van der Waals surface area contributed by atoms with Crippen LogP contribution >= 0.6 is 0 Å². The molecule has 1 aliphatic heterocycles. The normalized spacial score (nSPS) is 13.2. The third-order valence-corrected chi connectivity index (χ3v) is 6.96. The van der Waals surface area contributed by atoms with Crippen molar-refractivity contribution in [2.45, 2.75) is 32.7 Å². The molecular formula is C29H30N6O4. The molecule has 2 aromatic heterocycles. The number of hydrogen-bond acceptors (Lipinski definition) is 5. The predicted molar refractivity (Wildman–Crippen MR) is 148 cm³/mol. The summed E-state index contributed by atoms with van der Waals surface area (Å²) in [6.07, 6.45) is 2.15. The van der Waals surface area contributed by atoms with E-state index in [2.05, 4.69) is 10.3 Å². The molecular weight excluding hydrogens is 496 g/mol. The molecule has 1 fully saturated rings. The van der Waals surface area contributed by atoms with Crippen molar-refractivity contribution in [3.63, 3.8) is 0 Å². The molecule has 0 unspecified atom stereocenters. The van der Waals surface area contributed by atoms with Gasteiger partial charge in [-0.1, -0.05) is 18.2 Å². The van der Waals surface area contributed by atoms with Gasteiger partial charge >= 0.3 is 0 Å². The summed E-state index contributed by atoms with van der Waals surface area (Å²) in [5, 5.41) is 2.86. The molecule has 2 aromatic carbocycles. The lowest BCUT2D eigenvalue weighted by Crippen LogP contribution is -2.26. The Balaban J connectivity index is 1.43. The summed E-state index contributed by atoms with van der Waals surface area (Å²) in [4.78, 5) is 60.6. The van der Waals surface area contributed by atoms with E-state index in [1.807, 2.05) is 45.9 Å². The van der Waals surface area contributed by atoms with Crippen LogP contribution in [0.4, 0.5) is 11.6 Å². The number of ketones is 1. The van der Waals surface area contributed by atoms with E-state index in [4.69, 9.17) is 4.98 Å². The Labute approximate surface area is 225 Å². The number of aromatic amines is 1. The number of fused-ring (bicyclic) bond motifs is 1. The summed E-state index contributed by atoms with van der Waals surface area (Å²) in [5.41, 5.74) is 3.24. The SMILES string of the molecule is CC(=O)c1ccc(C(=O)Nc2nc3cc(N(C)C(=O)c4ccccc4)ccc3n2CCCN2CCCC2=O)[nH]1. The van der Waals surface area contributed by atoms with Crippen LogP contribution in [0.1, 0.15) is 57.5 Å². The first-order valence-electron chi connectivity index (χ1n) is 12.9. The van der Waals surface area contributed by atoms with Crippen LogP contribution in [0.15, 0.2) is 60.7 Å². The number of Topliss-reactive ketones (excluding diaryl/α,β-unsaturated/α-hetero) is 1. The van der Waals surface area contributed by atoms with Crippen LogP contribution in [-0.4, -0.2) is 63.1 Å². The minimum atomic E-state index is -0.426. The molecule has 0 radical (unpaired) electrons. The number of rotatable bonds is 9. The highest BCUT2D eigenvalue weighted by atomic mass is 16.2. The average Bonchev–Trinajstić information content (AvgIpc) is 3.67. The van der Waals surface area contributed by atoms with Crippen LogP contribution < -0.4 is 10.2 Å². The molecule has 0 saturated carbocycles. The first-order chi connectivity index (χ1) is 18.8. The third-order valence-electron chi connectivity index (χ3n) is 6.96. The zero-order valence-electron chi connectivity index (χ0n) is 21.9. The Morgan fingerprint density at radius 3 is 2.49 bits per heavy atom. The maximum Gasteiger partial charge on any atom is 0.274 e. The third kappa shape index (κ3) is 5.45. The number of amides is 3. The van der Waals surface area contributed by atoms with Gasteiger partial charge in [0.15, 0.2) is 5.78 Å². The van der Waals surface area contributed by atoms with Crippen molar-refractivity contribution in [1.82, 2.24) is 19.4 Å². The van der Waals surface area contributed by atoms with Crippen molar-refractivity contribution in [2.24, 2.45) is 0 Å². The zero-order valence-corrected chi connectivity index (χ0v) is 21.9. The van der Waals surface area contributed by atoms with Crippen molar-refractivity contribution in [2.75, 3.05) is 30.4 Å². The summed E-state index contributed by atoms with van der Waals surface area (Å²) in [7, 11) is 1.71. The van der Waals surface area contributed by atoms with Gasteiger partial charge in [-0.05, 0) is 55.3 Å². The molecule has 3 amide bonds. The molecule has 39 heavy (non-hydrogen) atoms.